The molecule has 0 bridgehead atoms. The lowest BCUT2D eigenvalue weighted by Crippen LogP contribution is -2.61. The molecule has 0 N–H and O–H groups in total. The van der Waals surface area contributed by atoms with Gasteiger partial charge in [0, 0.05) is 110 Å². The van der Waals surface area contributed by atoms with Crippen molar-refractivity contribution in [2.45, 2.75) is 0 Å². The van der Waals surface area contributed by atoms with Gasteiger partial charge in [0.2, 0.25) is 0 Å². The van der Waals surface area contributed by atoms with E-state index in [-0.39, 0.29) is 6.71 Å². The number of rotatable bonds is 8. The Balaban J connectivity index is 0.796. The van der Waals surface area contributed by atoms with Gasteiger partial charge >= 0.3 is 0 Å². The summed E-state index contributed by atoms with van der Waals surface area (Å²) in [5.74, 6) is 0. The van der Waals surface area contributed by atoms with Gasteiger partial charge in [0.1, 0.15) is 22.3 Å². The topological polar surface area (TPSA) is 52.5 Å². The van der Waals surface area contributed by atoms with Crippen molar-refractivity contribution in [3.63, 3.8) is 0 Å². The molecule has 0 radical (unpaired) electrons. The molecular formula is C102H61BN6O2. The van der Waals surface area contributed by atoms with Crippen molar-refractivity contribution < 1.29 is 8.83 Å². The summed E-state index contributed by atoms with van der Waals surface area (Å²) in [5, 5.41) is 14.0. The van der Waals surface area contributed by atoms with Crippen LogP contribution in [0.3, 0.4) is 0 Å². The van der Waals surface area contributed by atoms with E-state index in [0.29, 0.717) is 0 Å². The molecule has 9 heteroatoms. The van der Waals surface area contributed by atoms with E-state index in [2.05, 4.69) is 398 Å². The minimum Gasteiger partial charge on any atom is -0.456 e. The Kier molecular flexibility index (Phi) is 12.4. The van der Waals surface area contributed by atoms with E-state index in [1.807, 2.05) is 0 Å². The zero-order valence-electron chi connectivity index (χ0n) is 59.8. The largest absolute Gasteiger partial charge is 0.456 e. The predicted octanol–water partition coefficient (Wildman–Crippen LogP) is 25.3. The number of anilines is 6. The number of fused-ring (bicyclic) bond motifs is 22. The smallest absolute Gasteiger partial charge is 0.252 e. The molecule has 0 spiro atoms. The maximum Gasteiger partial charge on any atom is 0.252 e. The highest BCUT2D eigenvalue weighted by atomic mass is 16.3. The molecule has 23 aromatic rings. The third kappa shape index (κ3) is 8.43. The molecule has 0 saturated carbocycles. The normalized spacial score (nSPS) is 12.8. The Morgan fingerprint density at radius 3 is 0.919 bits per heavy atom. The maximum atomic E-state index is 6.53. The van der Waals surface area contributed by atoms with Gasteiger partial charge in [-0.2, -0.15) is 0 Å². The first-order chi connectivity index (χ1) is 55.1. The number of para-hydroxylation sites is 12. The molecule has 0 saturated heterocycles. The lowest BCUT2D eigenvalue weighted by Gasteiger charge is -2.45. The van der Waals surface area contributed by atoms with E-state index in [0.717, 1.165) is 167 Å². The molecule has 2 aliphatic rings. The van der Waals surface area contributed by atoms with Crippen LogP contribution in [0.15, 0.2) is 379 Å². The first-order valence-corrected chi connectivity index (χ1v) is 38.2. The van der Waals surface area contributed by atoms with Crippen molar-refractivity contribution in [2.24, 2.45) is 0 Å². The number of hydrogen-bond donors (Lipinski definition) is 0. The van der Waals surface area contributed by atoms with Gasteiger partial charge in [-0.3, -0.25) is 0 Å². The molecule has 111 heavy (non-hydrogen) atoms. The van der Waals surface area contributed by atoms with Crippen molar-refractivity contribution in [3.8, 4) is 45.0 Å². The average molecular weight is 1410 g/mol. The van der Waals surface area contributed by atoms with Gasteiger partial charge < -0.3 is 36.9 Å². The molecule has 514 valence electrons. The van der Waals surface area contributed by atoms with Gasteiger partial charge in [-0.1, -0.05) is 224 Å². The van der Waals surface area contributed by atoms with Crippen LogP contribution in [0.5, 0.6) is 0 Å². The fourth-order valence-electron chi connectivity index (χ4n) is 19.6. The summed E-state index contributed by atoms with van der Waals surface area (Å²) in [7, 11) is 0. The summed E-state index contributed by atoms with van der Waals surface area (Å²) < 4.78 is 23.2. The standard InChI is InChI=1S/C102H61BN6O2/c1-11-36-82(66(24-1)62-50-56-98-78(58-62)74-32-9-19-48-96(74)110-98)108-90-54-52-64(104-84-38-13-7-30-72(84)76-34-21-46-94(101(76)104)106-86-40-15-3-26-68(86)69-27-4-16-41-87(69)106)60-80(90)103-81-61-65(105-85-39-14-8-31-73(85)77-35-22-47-95(102(77)105)107-88-42-17-5-28-70(88)71-29-6-18-43-89(71)107)53-55-91(81)109(93-45-23-44-92(108)100(93)103)83-37-12-2-25-67(83)63-51-57-99-79(59-63)75-33-10-20-49-97(75)111-99/h1-61H. The number of nitrogens with zero attached hydrogens (tertiary/aromatic N) is 6. The third-order valence-corrected chi connectivity index (χ3v) is 24.1. The van der Waals surface area contributed by atoms with E-state index in [4.69, 9.17) is 8.83 Å². The molecule has 0 atom stereocenters. The zero-order chi connectivity index (χ0) is 72.3. The number of hydrogen-bond acceptors (Lipinski definition) is 4. The minimum absolute atomic E-state index is 0.329. The summed E-state index contributed by atoms with van der Waals surface area (Å²) in [6.45, 7) is -0.329. The molecule has 6 aromatic heterocycles. The lowest BCUT2D eigenvalue weighted by atomic mass is 9.33. The first kappa shape index (κ1) is 60.3. The first-order valence-electron chi connectivity index (χ1n) is 38.2. The molecule has 0 fully saturated rings. The molecule has 8 heterocycles. The summed E-state index contributed by atoms with van der Waals surface area (Å²) >= 11 is 0. The van der Waals surface area contributed by atoms with Crippen molar-refractivity contribution in [3.05, 3.63) is 370 Å². The van der Waals surface area contributed by atoms with E-state index in [1.165, 1.54) is 59.5 Å². The highest BCUT2D eigenvalue weighted by molar-refractivity contribution is 7.00. The summed E-state index contributed by atoms with van der Waals surface area (Å²) in [6.07, 6.45) is 0. The minimum atomic E-state index is -0.329. The Morgan fingerprint density at radius 1 is 0.198 bits per heavy atom. The molecule has 0 amide bonds. The van der Waals surface area contributed by atoms with Gasteiger partial charge in [-0.15, -0.1) is 0 Å². The van der Waals surface area contributed by atoms with Gasteiger partial charge in [-0.05, 0) is 173 Å². The van der Waals surface area contributed by atoms with E-state index in [9.17, 15) is 0 Å². The summed E-state index contributed by atoms with van der Waals surface area (Å²) in [5.41, 5.74) is 31.4. The lowest BCUT2D eigenvalue weighted by molar-refractivity contribution is 0.668. The van der Waals surface area contributed by atoms with Gasteiger partial charge in [0.05, 0.1) is 66.9 Å². The van der Waals surface area contributed by atoms with Gasteiger partial charge in [0.15, 0.2) is 0 Å². The average Bonchev–Trinajstić information content (AvgIpc) is 1.43. The monoisotopic (exact) mass is 1410 g/mol. The van der Waals surface area contributed by atoms with Crippen molar-refractivity contribution >= 4 is 188 Å². The highest BCUT2D eigenvalue weighted by Gasteiger charge is 2.45. The highest BCUT2D eigenvalue weighted by Crippen LogP contribution is 2.51. The number of benzene rings is 17. The second-order valence-corrected chi connectivity index (χ2v) is 29.7. The number of aromatic nitrogens is 4. The molecule has 17 aromatic carbocycles. The van der Waals surface area contributed by atoms with Gasteiger partial charge in [-0.25, -0.2) is 0 Å². The SMILES string of the molecule is c1ccc(N2c3ccc(-n4c5ccccc5c5cccc(-n6c7ccccc7c7ccccc76)c54)cc3B3c4cc(-n5c6ccccc6c6cccc(-n7c8ccccc8c8ccccc87)c65)ccc4N(c4ccccc4-c4ccc5oc6ccccc6c5c4)c4cccc2c43)c(-c2ccc3oc4ccccc4c3c2)c1. The van der Waals surface area contributed by atoms with Crippen LogP contribution in [0.4, 0.5) is 34.1 Å². The van der Waals surface area contributed by atoms with E-state index < -0.39 is 0 Å². The van der Waals surface area contributed by atoms with Crippen LogP contribution in [-0.4, -0.2) is 25.0 Å². The molecule has 2 aliphatic heterocycles. The Morgan fingerprint density at radius 2 is 0.505 bits per heavy atom. The van der Waals surface area contributed by atoms with Crippen LogP contribution in [0.25, 0.3) is 176 Å². The van der Waals surface area contributed by atoms with Crippen molar-refractivity contribution in [2.75, 3.05) is 9.80 Å². The predicted molar refractivity (Wildman–Crippen MR) is 463 cm³/mol. The molecule has 8 nitrogen and oxygen atoms in total. The van der Waals surface area contributed by atoms with Gasteiger partial charge in [0.25, 0.3) is 6.71 Å². The quantitative estimate of drug-likeness (QED) is 0.142. The van der Waals surface area contributed by atoms with Crippen LogP contribution in [0.1, 0.15) is 0 Å². The zero-order valence-corrected chi connectivity index (χ0v) is 59.8. The molecule has 0 unspecified atom stereocenters. The summed E-state index contributed by atoms with van der Waals surface area (Å²) in [6, 6.07) is 137. The van der Waals surface area contributed by atoms with Crippen molar-refractivity contribution in [1.29, 1.82) is 0 Å². The Hall–Kier alpha value is -14.8. The van der Waals surface area contributed by atoms with Crippen LogP contribution in [-0.2, 0) is 0 Å². The van der Waals surface area contributed by atoms with Crippen LogP contribution in [0, 0.1) is 0 Å². The summed E-state index contributed by atoms with van der Waals surface area (Å²) in [4.78, 5) is 5.16. The Labute approximate surface area is 636 Å². The van der Waals surface area contributed by atoms with Crippen LogP contribution >= 0.6 is 0 Å². The van der Waals surface area contributed by atoms with E-state index >= 15 is 0 Å². The number of furan rings is 2. The van der Waals surface area contributed by atoms with Crippen molar-refractivity contribution in [1.82, 2.24) is 18.3 Å². The van der Waals surface area contributed by atoms with E-state index in [1.54, 1.807) is 0 Å². The fourth-order valence-corrected chi connectivity index (χ4v) is 19.6. The second-order valence-electron chi connectivity index (χ2n) is 29.7. The molecule has 0 aliphatic carbocycles. The Bertz CT molecular complexity index is 7410. The second kappa shape index (κ2) is 22.9. The van der Waals surface area contributed by atoms with Crippen LogP contribution in [0.2, 0.25) is 0 Å². The maximum absolute atomic E-state index is 6.53. The van der Waals surface area contributed by atoms with Crippen LogP contribution < -0.4 is 26.2 Å². The molecule has 25 rings (SSSR count). The third-order valence-electron chi connectivity index (χ3n) is 24.1. The molecular weight excluding hydrogens is 1350 g/mol. The fraction of sp³-hybridized carbons (Fsp3) is 0.